The number of hydrogen-bond acceptors (Lipinski definition) is 4. The molecule has 1 amide bonds. The maximum atomic E-state index is 13.0. The molecule has 1 fully saturated rings. The lowest BCUT2D eigenvalue weighted by molar-refractivity contribution is 0.0298. The van der Waals surface area contributed by atoms with Gasteiger partial charge in [-0.25, -0.2) is 9.18 Å². The molecule has 3 rings (SSSR count). The molecule has 2 aromatic rings. The molecule has 0 saturated carbocycles. The largest absolute Gasteiger partial charge is 0.378 e. The van der Waals surface area contributed by atoms with E-state index in [-0.39, 0.29) is 17.4 Å². The molecule has 1 N–H and O–H groups in total. The number of carbonyl (C=O) groups excluding carboxylic acids is 1. The minimum absolute atomic E-state index is 0.168. The zero-order valence-corrected chi connectivity index (χ0v) is 11.7. The Hall–Kier alpha value is -2.54. The van der Waals surface area contributed by atoms with E-state index in [4.69, 9.17) is 4.74 Å². The normalized spacial score (nSPS) is 14.9. The van der Waals surface area contributed by atoms with E-state index in [1.165, 1.54) is 30.3 Å². The van der Waals surface area contributed by atoms with Gasteiger partial charge in [0.1, 0.15) is 11.5 Å². The first-order valence-electron chi connectivity index (χ1n) is 6.88. The first-order valence-corrected chi connectivity index (χ1v) is 6.88. The van der Waals surface area contributed by atoms with E-state index in [1.54, 1.807) is 4.90 Å². The number of ether oxygens (including phenoxy) is 1. The van der Waals surface area contributed by atoms with Gasteiger partial charge in [-0.3, -0.25) is 4.79 Å². The lowest BCUT2D eigenvalue weighted by atomic mass is 10.1. The van der Waals surface area contributed by atoms with E-state index in [2.05, 4.69) is 9.97 Å². The number of nitrogens with zero attached hydrogens (tertiary/aromatic N) is 2. The van der Waals surface area contributed by atoms with Crippen molar-refractivity contribution in [2.24, 2.45) is 0 Å². The van der Waals surface area contributed by atoms with E-state index in [1.807, 2.05) is 0 Å². The lowest BCUT2D eigenvalue weighted by Crippen LogP contribution is -2.41. The molecule has 0 radical (unpaired) electrons. The number of aromatic nitrogens is 2. The average Bonchev–Trinajstić information content (AvgIpc) is 2.55. The Kier molecular flexibility index (Phi) is 3.97. The van der Waals surface area contributed by atoms with E-state index < -0.39 is 5.69 Å². The monoisotopic (exact) mass is 303 g/mol. The zero-order valence-electron chi connectivity index (χ0n) is 11.7. The summed E-state index contributed by atoms with van der Waals surface area (Å²) in [6, 6.07) is 7.09. The molecule has 1 saturated heterocycles. The van der Waals surface area contributed by atoms with Crippen LogP contribution in [0.1, 0.15) is 10.5 Å². The minimum atomic E-state index is -0.613. The molecule has 0 spiro atoms. The second kappa shape index (κ2) is 6.07. The van der Waals surface area contributed by atoms with Crippen molar-refractivity contribution in [3.63, 3.8) is 0 Å². The van der Waals surface area contributed by atoms with Gasteiger partial charge in [-0.05, 0) is 30.3 Å². The number of hydrogen-bond donors (Lipinski definition) is 1. The Bertz CT molecular complexity index is 736. The maximum Gasteiger partial charge on any atom is 0.346 e. The molecule has 1 aliphatic heterocycles. The number of halogens is 1. The summed E-state index contributed by atoms with van der Waals surface area (Å²) >= 11 is 0. The van der Waals surface area contributed by atoms with Crippen LogP contribution < -0.4 is 5.69 Å². The summed E-state index contributed by atoms with van der Waals surface area (Å²) in [5.41, 5.74) is 0.462. The SMILES string of the molecule is O=C(c1cc(-c2ccc(F)cc2)nc(=O)[nH]1)N1CCOCC1. The van der Waals surface area contributed by atoms with Crippen molar-refractivity contribution in [2.45, 2.75) is 0 Å². The topological polar surface area (TPSA) is 75.3 Å². The number of morpholine rings is 1. The van der Waals surface area contributed by atoms with Crippen LogP contribution in [0, 0.1) is 5.82 Å². The van der Waals surface area contributed by atoms with Crippen LogP contribution >= 0.6 is 0 Å². The highest BCUT2D eigenvalue weighted by Gasteiger charge is 2.20. The smallest absolute Gasteiger partial charge is 0.346 e. The number of carbonyl (C=O) groups is 1. The van der Waals surface area contributed by atoms with Crippen molar-refractivity contribution in [1.29, 1.82) is 0 Å². The summed E-state index contributed by atoms with van der Waals surface area (Å²) in [7, 11) is 0. The second-order valence-corrected chi connectivity index (χ2v) is 4.90. The van der Waals surface area contributed by atoms with Crippen LogP contribution in [0.15, 0.2) is 35.1 Å². The summed E-state index contributed by atoms with van der Waals surface area (Å²) in [6.45, 7) is 1.92. The van der Waals surface area contributed by atoms with Gasteiger partial charge in [-0.15, -0.1) is 0 Å². The number of rotatable bonds is 2. The molecule has 0 unspecified atom stereocenters. The third-order valence-electron chi connectivity index (χ3n) is 3.41. The fourth-order valence-corrected chi connectivity index (χ4v) is 2.28. The van der Waals surface area contributed by atoms with Gasteiger partial charge in [0.25, 0.3) is 5.91 Å². The highest BCUT2D eigenvalue weighted by Crippen LogP contribution is 2.17. The number of aromatic amines is 1. The van der Waals surface area contributed by atoms with E-state index in [0.717, 1.165) is 0 Å². The fraction of sp³-hybridized carbons (Fsp3) is 0.267. The predicted octanol–water partition coefficient (Wildman–Crippen LogP) is 1.05. The standard InChI is InChI=1S/C15H14FN3O3/c16-11-3-1-10(2-4-11)12-9-13(18-15(21)17-12)14(20)19-5-7-22-8-6-19/h1-4,9H,5-8H2,(H,17,18,21). The first kappa shape index (κ1) is 14.4. The van der Waals surface area contributed by atoms with Crippen LogP contribution in [0.25, 0.3) is 11.3 Å². The molecule has 1 aromatic carbocycles. The molecule has 6 nitrogen and oxygen atoms in total. The van der Waals surface area contributed by atoms with Crippen molar-refractivity contribution in [2.75, 3.05) is 26.3 Å². The molecular formula is C15H14FN3O3. The van der Waals surface area contributed by atoms with Gasteiger partial charge in [0, 0.05) is 18.7 Å². The number of amides is 1. The third-order valence-corrected chi connectivity index (χ3v) is 3.41. The quantitative estimate of drug-likeness (QED) is 0.900. The molecule has 7 heteroatoms. The molecule has 114 valence electrons. The summed E-state index contributed by atoms with van der Waals surface area (Å²) in [5.74, 6) is -0.649. The van der Waals surface area contributed by atoms with Crippen LogP contribution in [0.2, 0.25) is 0 Å². The van der Waals surface area contributed by atoms with Crippen LogP contribution in [-0.4, -0.2) is 47.1 Å². The Morgan fingerprint density at radius 3 is 2.59 bits per heavy atom. The van der Waals surface area contributed by atoms with Gasteiger partial charge in [0.2, 0.25) is 0 Å². The van der Waals surface area contributed by atoms with Crippen LogP contribution in [0.5, 0.6) is 0 Å². The first-order chi connectivity index (χ1) is 10.6. The Labute approximate surface area is 125 Å². The van der Waals surface area contributed by atoms with Gasteiger partial charge in [0.05, 0.1) is 18.9 Å². The minimum Gasteiger partial charge on any atom is -0.378 e. The maximum absolute atomic E-state index is 13.0. The molecule has 2 heterocycles. The van der Waals surface area contributed by atoms with Crippen LogP contribution in [-0.2, 0) is 4.74 Å². The Morgan fingerprint density at radius 1 is 1.23 bits per heavy atom. The van der Waals surface area contributed by atoms with Gasteiger partial charge in [-0.2, -0.15) is 4.98 Å². The fourth-order valence-electron chi connectivity index (χ4n) is 2.28. The Morgan fingerprint density at radius 2 is 1.91 bits per heavy atom. The average molecular weight is 303 g/mol. The number of nitrogens with one attached hydrogen (secondary N) is 1. The molecule has 22 heavy (non-hydrogen) atoms. The van der Waals surface area contributed by atoms with E-state index in [0.29, 0.717) is 37.6 Å². The summed E-state index contributed by atoms with van der Waals surface area (Å²) in [4.78, 5) is 32.0. The highest BCUT2D eigenvalue weighted by molar-refractivity contribution is 5.93. The van der Waals surface area contributed by atoms with Gasteiger partial charge in [-0.1, -0.05) is 0 Å². The van der Waals surface area contributed by atoms with Crippen molar-refractivity contribution in [1.82, 2.24) is 14.9 Å². The van der Waals surface area contributed by atoms with E-state index in [9.17, 15) is 14.0 Å². The number of benzene rings is 1. The Balaban J connectivity index is 1.94. The van der Waals surface area contributed by atoms with Crippen LogP contribution in [0.3, 0.4) is 0 Å². The van der Waals surface area contributed by atoms with Crippen LogP contribution in [0.4, 0.5) is 4.39 Å². The van der Waals surface area contributed by atoms with Crippen molar-refractivity contribution >= 4 is 5.91 Å². The summed E-state index contributed by atoms with van der Waals surface area (Å²) in [6.07, 6.45) is 0. The van der Waals surface area contributed by atoms with Crippen molar-refractivity contribution in [3.8, 4) is 11.3 Å². The van der Waals surface area contributed by atoms with Gasteiger partial charge < -0.3 is 14.6 Å². The molecular weight excluding hydrogens is 289 g/mol. The molecule has 1 aromatic heterocycles. The third kappa shape index (κ3) is 3.04. The van der Waals surface area contributed by atoms with E-state index >= 15 is 0 Å². The predicted molar refractivity (Wildman–Crippen MR) is 77.0 cm³/mol. The number of H-pyrrole nitrogens is 1. The molecule has 0 aliphatic carbocycles. The zero-order chi connectivity index (χ0) is 15.5. The highest BCUT2D eigenvalue weighted by atomic mass is 19.1. The lowest BCUT2D eigenvalue weighted by Gasteiger charge is -2.26. The summed E-state index contributed by atoms with van der Waals surface area (Å²) in [5, 5.41) is 0. The second-order valence-electron chi connectivity index (χ2n) is 4.90. The van der Waals surface area contributed by atoms with Crippen molar-refractivity contribution in [3.05, 3.63) is 52.3 Å². The van der Waals surface area contributed by atoms with Crippen molar-refractivity contribution < 1.29 is 13.9 Å². The summed E-state index contributed by atoms with van der Waals surface area (Å²) < 4.78 is 18.2. The molecule has 0 atom stereocenters. The molecule has 1 aliphatic rings. The van der Waals surface area contributed by atoms with Gasteiger partial charge >= 0.3 is 5.69 Å². The van der Waals surface area contributed by atoms with Gasteiger partial charge in [0.15, 0.2) is 0 Å². The molecule has 0 bridgehead atoms.